The zero-order valence-corrected chi connectivity index (χ0v) is 14.9. The Balaban J connectivity index is 1.57. The summed E-state index contributed by atoms with van der Waals surface area (Å²) in [5, 5.41) is 5.48. The van der Waals surface area contributed by atoms with E-state index < -0.39 is 5.82 Å². The fourth-order valence-corrected chi connectivity index (χ4v) is 2.35. The summed E-state index contributed by atoms with van der Waals surface area (Å²) in [5.74, 6) is -0.927. The molecule has 0 fully saturated rings. The lowest BCUT2D eigenvalue weighted by Crippen LogP contribution is -2.26. The second kappa shape index (κ2) is 10.9. The number of carbonyl (C=O) groups is 3. The van der Waals surface area contributed by atoms with E-state index in [4.69, 9.17) is 0 Å². The normalized spacial score (nSPS) is 10.4. The fraction of sp³-hybridized carbons (Fsp3) is 0.300. The summed E-state index contributed by atoms with van der Waals surface area (Å²) in [6.07, 6.45) is 1.83. The molecule has 0 bridgehead atoms. The predicted octanol–water partition coefficient (Wildman–Crippen LogP) is 2.05. The third kappa shape index (κ3) is 7.45. The molecule has 0 atom stereocenters. The van der Waals surface area contributed by atoms with Crippen molar-refractivity contribution in [2.75, 3.05) is 13.1 Å². The third-order valence-electron chi connectivity index (χ3n) is 3.88. The van der Waals surface area contributed by atoms with Crippen LogP contribution in [-0.2, 0) is 16.1 Å². The molecule has 1 amide bonds. The van der Waals surface area contributed by atoms with Crippen LogP contribution in [-0.4, -0.2) is 35.5 Å². The lowest BCUT2D eigenvalue weighted by molar-refractivity contribution is -0.125. The van der Waals surface area contributed by atoms with Crippen LogP contribution in [0, 0.1) is 5.82 Å². The van der Waals surface area contributed by atoms with E-state index in [1.165, 1.54) is 18.3 Å². The molecule has 0 saturated heterocycles. The van der Waals surface area contributed by atoms with Gasteiger partial charge in [-0.2, -0.15) is 0 Å². The van der Waals surface area contributed by atoms with E-state index in [9.17, 15) is 18.8 Å². The number of carbonyl (C=O) groups excluding carboxylic acids is 3. The van der Waals surface area contributed by atoms with Crippen LogP contribution >= 0.6 is 0 Å². The molecule has 1 heterocycles. The first-order valence-electron chi connectivity index (χ1n) is 8.73. The maximum absolute atomic E-state index is 13.4. The maximum Gasteiger partial charge on any atom is 0.220 e. The SMILES string of the molecule is O=C(CCNCC(=O)c1ccccc1)CCC(=O)NCc1ncccc1F. The van der Waals surface area contributed by atoms with Crippen molar-refractivity contribution >= 4 is 17.5 Å². The van der Waals surface area contributed by atoms with Gasteiger partial charge in [-0.3, -0.25) is 19.4 Å². The standard InChI is InChI=1S/C20H22FN3O3/c21-17-7-4-11-23-18(17)13-24-20(27)9-8-16(25)10-12-22-14-19(26)15-5-2-1-3-6-15/h1-7,11,22H,8-10,12-14H2,(H,24,27). The summed E-state index contributed by atoms with van der Waals surface area (Å²) < 4.78 is 13.4. The van der Waals surface area contributed by atoms with E-state index in [1.807, 2.05) is 6.07 Å². The highest BCUT2D eigenvalue weighted by Gasteiger charge is 2.09. The number of ketones is 2. The summed E-state index contributed by atoms with van der Waals surface area (Å²) in [6, 6.07) is 11.7. The number of hydrogen-bond acceptors (Lipinski definition) is 5. The molecule has 2 rings (SSSR count). The van der Waals surface area contributed by atoms with Gasteiger partial charge >= 0.3 is 0 Å². The van der Waals surface area contributed by atoms with Crippen molar-refractivity contribution in [3.8, 4) is 0 Å². The monoisotopic (exact) mass is 371 g/mol. The first-order valence-corrected chi connectivity index (χ1v) is 8.73. The molecule has 1 aromatic carbocycles. The van der Waals surface area contributed by atoms with Crippen molar-refractivity contribution in [1.29, 1.82) is 0 Å². The Bertz CT molecular complexity index is 781. The van der Waals surface area contributed by atoms with Crippen LogP contribution in [0.1, 0.15) is 35.3 Å². The number of hydrogen-bond donors (Lipinski definition) is 2. The van der Waals surface area contributed by atoms with E-state index in [2.05, 4.69) is 15.6 Å². The van der Waals surface area contributed by atoms with Gasteiger partial charge in [-0.25, -0.2) is 4.39 Å². The summed E-state index contributed by atoms with van der Waals surface area (Å²) in [7, 11) is 0. The van der Waals surface area contributed by atoms with Gasteiger partial charge in [0.15, 0.2) is 5.78 Å². The topological polar surface area (TPSA) is 88.2 Å². The smallest absolute Gasteiger partial charge is 0.220 e. The second-order valence-electron chi connectivity index (χ2n) is 5.96. The molecule has 0 aliphatic carbocycles. The molecule has 27 heavy (non-hydrogen) atoms. The molecule has 2 aromatic rings. The number of pyridine rings is 1. The minimum absolute atomic E-state index is 0.0111. The maximum atomic E-state index is 13.4. The van der Waals surface area contributed by atoms with Crippen LogP contribution in [0.4, 0.5) is 4.39 Å². The van der Waals surface area contributed by atoms with Gasteiger partial charge in [-0.05, 0) is 12.1 Å². The fourth-order valence-electron chi connectivity index (χ4n) is 2.35. The quantitative estimate of drug-likeness (QED) is 0.466. The number of Topliss-reactive ketones (excluding diaryl/α,β-unsaturated/α-hetero) is 2. The van der Waals surface area contributed by atoms with Crippen molar-refractivity contribution < 1.29 is 18.8 Å². The average molecular weight is 371 g/mol. The largest absolute Gasteiger partial charge is 0.350 e. The molecular weight excluding hydrogens is 349 g/mol. The first kappa shape index (κ1) is 20.4. The molecule has 0 aliphatic rings. The highest BCUT2D eigenvalue weighted by atomic mass is 19.1. The Morgan fingerprint density at radius 2 is 1.74 bits per heavy atom. The number of amides is 1. The second-order valence-corrected chi connectivity index (χ2v) is 5.96. The first-order chi connectivity index (χ1) is 13.1. The Morgan fingerprint density at radius 3 is 2.48 bits per heavy atom. The molecule has 0 aliphatic heterocycles. The summed E-state index contributed by atoms with van der Waals surface area (Å²) in [4.78, 5) is 39.3. The van der Waals surface area contributed by atoms with Crippen LogP contribution in [0.2, 0.25) is 0 Å². The molecule has 0 radical (unpaired) electrons. The Kier molecular flexibility index (Phi) is 8.25. The average Bonchev–Trinajstić information content (AvgIpc) is 2.69. The molecule has 2 N–H and O–H groups in total. The molecule has 6 nitrogen and oxygen atoms in total. The van der Waals surface area contributed by atoms with E-state index in [0.717, 1.165) is 0 Å². The number of rotatable bonds is 11. The van der Waals surface area contributed by atoms with Crippen molar-refractivity contribution in [2.45, 2.75) is 25.8 Å². The van der Waals surface area contributed by atoms with Gasteiger partial charge in [-0.1, -0.05) is 30.3 Å². The van der Waals surface area contributed by atoms with Crippen LogP contribution in [0.3, 0.4) is 0 Å². The van der Waals surface area contributed by atoms with Gasteiger partial charge in [0, 0.05) is 37.6 Å². The Labute approximate surface area is 157 Å². The van der Waals surface area contributed by atoms with Crippen molar-refractivity contribution in [2.24, 2.45) is 0 Å². The lowest BCUT2D eigenvalue weighted by atomic mass is 10.1. The number of aromatic nitrogens is 1. The minimum Gasteiger partial charge on any atom is -0.350 e. The van der Waals surface area contributed by atoms with Crippen LogP contribution in [0.25, 0.3) is 0 Å². The number of halogens is 1. The van der Waals surface area contributed by atoms with Gasteiger partial charge < -0.3 is 10.6 Å². The van der Waals surface area contributed by atoms with Crippen LogP contribution in [0.5, 0.6) is 0 Å². The predicted molar refractivity (Wildman–Crippen MR) is 98.5 cm³/mol. The highest BCUT2D eigenvalue weighted by molar-refractivity contribution is 5.97. The van der Waals surface area contributed by atoms with Gasteiger partial charge in [0.1, 0.15) is 11.6 Å². The summed E-state index contributed by atoms with van der Waals surface area (Å²) in [6.45, 7) is 0.522. The zero-order valence-electron chi connectivity index (χ0n) is 14.9. The van der Waals surface area contributed by atoms with E-state index in [1.54, 1.807) is 24.3 Å². The van der Waals surface area contributed by atoms with E-state index in [-0.39, 0.29) is 55.5 Å². The summed E-state index contributed by atoms with van der Waals surface area (Å²) >= 11 is 0. The van der Waals surface area contributed by atoms with Crippen molar-refractivity contribution in [3.05, 3.63) is 65.7 Å². The molecule has 7 heteroatoms. The molecule has 0 unspecified atom stereocenters. The van der Waals surface area contributed by atoms with Gasteiger partial charge in [0.2, 0.25) is 5.91 Å². The Morgan fingerprint density at radius 1 is 0.963 bits per heavy atom. The van der Waals surface area contributed by atoms with Crippen molar-refractivity contribution in [3.63, 3.8) is 0 Å². The molecule has 0 spiro atoms. The minimum atomic E-state index is -0.481. The Hall–Kier alpha value is -2.93. The van der Waals surface area contributed by atoms with Gasteiger partial charge in [-0.15, -0.1) is 0 Å². The molecule has 142 valence electrons. The van der Waals surface area contributed by atoms with Crippen molar-refractivity contribution in [1.82, 2.24) is 15.6 Å². The number of nitrogens with zero attached hydrogens (tertiary/aromatic N) is 1. The van der Waals surface area contributed by atoms with Gasteiger partial charge in [0.05, 0.1) is 18.8 Å². The van der Waals surface area contributed by atoms with Crippen LogP contribution < -0.4 is 10.6 Å². The molecular formula is C20H22FN3O3. The molecule has 1 aromatic heterocycles. The molecule has 0 saturated carbocycles. The van der Waals surface area contributed by atoms with Crippen LogP contribution in [0.15, 0.2) is 48.7 Å². The van der Waals surface area contributed by atoms with Gasteiger partial charge in [0.25, 0.3) is 0 Å². The number of benzene rings is 1. The third-order valence-corrected chi connectivity index (χ3v) is 3.88. The zero-order chi connectivity index (χ0) is 19.5. The highest BCUT2D eigenvalue weighted by Crippen LogP contribution is 2.03. The summed E-state index contributed by atoms with van der Waals surface area (Å²) in [5.41, 5.74) is 0.779. The number of nitrogens with one attached hydrogen (secondary N) is 2. The van der Waals surface area contributed by atoms with E-state index >= 15 is 0 Å². The van der Waals surface area contributed by atoms with E-state index in [0.29, 0.717) is 12.1 Å². The lowest BCUT2D eigenvalue weighted by Gasteiger charge is -2.06.